The lowest BCUT2D eigenvalue weighted by molar-refractivity contribution is -0.123. The number of carbonyl (C=O) groups is 1. The molecule has 1 amide bonds. The van der Waals surface area contributed by atoms with Gasteiger partial charge in [-0.15, -0.1) is 11.3 Å². The molecule has 5 N–H and O–H groups in total. The fourth-order valence-electron chi connectivity index (χ4n) is 3.49. The molecule has 1 aliphatic rings. The summed E-state index contributed by atoms with van der Waals surface area (Å²) in [6.45, 7) is 8.18. The van der Waals surface area contributed by atoms with Gasteiger partial charge >= 0.3 is 0 Å². The van der Waals surface area contributed by atoms with Gasteiger partial charge in [-0.2, -0.15) is 0 Å². The van der Waals surface area contributed by atoms with E-state index in [1.54, 1.807) is 11.3 Å². The molecular formula is C18H28N6OS. The molecular weight excluding hydrogens is 348 g/mol. The number of amides is 1. The van der Waals surface area contributed by atoms with Crippen LogP contribution < -0.4 is 16.8 Å². The summed E-state index contributed by atoms with van der Waals surface area (Å²) in [5.41, 5.74) is 12.4. The third-order valence-electron chi connectivity index (χ3n) is 5.07. The summed E-state index contributed by atoms with van der Waals surface area (Å²) in [7, 11) is 0. The predicted octanol–water partition coefficient (Wildman–Crippen LogP) is 1.42. The number of anilines is 1. The van der Waals surface area contributed by atoms with Gasteiger partial charge in [0.15, 0.2) is 0 Å². The number of nitrogens with two attached hydrogens (primary N) is 2. The molecule has 3 heterocycles. The van der Waals surface area contributed by atoms with Crippen molar-refractivity contribution in [2.45, 2.75) is 33.1 Å². The summed E-state index contributed by atoms with van der Waals surface area (Å²) < 4.78 is 0. The Labute approximate surface area is 158 Å². The zero-order valence-corrected chi connectivity index (χ0v) is 16.4. The number of piperidine rings is 1. The first-order valence-corrected chi connectivity index (χ1v) is 10.0. The summed E-state index contributed by atoms with van der Waals surface area (Å²) in [6, 6.07) is 0. The third kappa shape index (κ3) is 4.13. The maximum atomic E-state index is 11.4. The molecule has 0 aliphatic carbocycles. The van der Waals surface area contributed by atoms with E-state index in [9.17, 15) is 4.79 Å². The molecule has 0 bridgehead atoms. The van der Waals surface area contributed by atoms with Crippen LogP contribution in [0.25, 0.3) is 10.2 Å². The van der Waals surface area contributed by atoms with Crippen LogP contribution in [0.15, 0.2) is 0 Å². The highest BCUT2D eigenvalue weighted by Crippen LogP contribution is 2.33. The lowest BCUT2D eigenvalue weighted by Crippen LogP contribution is -2.42. The van der Waals surface area contributed by atoms with Gasteiger partial charge in [-0.05, 0) is 45.3 Å². The van der Waals surface area contributed by atoms with E-state index in [-0.39, 0.29) is 11.8 Å². The van der Waals surface area contributed by atoms with Crippen molar-refractivity contribution in [2.75, 3.05) is 38.0 Å². The third-order valence-corrected chi connectivity index (χ3v) is 6.17. The van der Waals surface area contributed by atoms with Crippen molar-refractivity contribution in [3.63, 3.8) is 0 Å². The molecule has 0 radical (unpaired) electrons. The molecule has 1 atom stereocenters. The summed E-state index contributed by atoms with van der Waals surface area (Å²) >= 11 is 1.70. The maximum Gasteiger partial charge on any atom is 0.221 e. The minimum Gasteiger partial charge on any atom is -0.369 e. The van der Waals surface area contributed by atoms with E-state index in [1.807, 2.05) is 0 Å². The quantitative estimate of drug-likeness (QED) is 0.674. The number of nitrogens with zero attached hydrogens (tertiary/aromatic N) is 3. The van der Waals surface area contributed by atoms with Crippen LogP contribution in [0.5, 0.6) is 0 Å². The molecule has 26 heavy (non-hydrogen) atoms. The number of hydrogen-bond donors (Lipinski definition) is 3. The molecule has 3 rings (SSSR count). The molecule has 1 saturated heterocycles. The number of likely N-dealkylation sites (tertiary alicyclic amines) is 1. The van der Waals surface area contributed by atoms with Crippen LogP contribution in [0, 0.1) is 19.8 Å². The number of aromatic nitrogens is 2. The summed E-state index contributed by atoms with van der Waals surface area (Å²) in [6.07, 6.45) is 2.60. The van der Waals surface area contributed by atoms with Crippen molar-refractivity contribution in [2.24, 2.45) is 17.4 Å². The second-order valence-electron chi connectivity index (χ2n) is 6.96. The lowest BCUT2D eigenvalue weighted by atomic mass is 9.97. The Balaban J connectivity index is 1.70. The lowest BCUT2D eigenvalue weighted by Gasteiger charge is -2.31. The highest BCUT2D eigenvalue weighted by Gasteiger charge is 2.23. The second kappa shape index (κ2) is 8.28. The summed E-state index contributed by atoms with van der Waals surface area (Å²) in [5.74, 6) is 1.47. The Morgan fingerprint density at radius 3 is 2.92 bits per heavy atom. The minimum absolute atomic E-state index is 0.0209. The van der Waals surface area contributed by atoms with E-state index in [1.165, 1.54) is 10.4 Å². The average molecular weight is 377 g/mol. The first kappa shape index (κ1) is 19.0. The smallest absolute Gasteiger partial charge is 0.221 e. The first-order valence-electron chi connectivity index (χ1n) is 9.21. The largest absolute Gasteiger partial charge is 0.369 e. The van der Waals surface area contributed by atoms with Gasteiger partial charge in [-0.25, -0.2) is 9.97 Å². The van der Waals surface area contributed by atoms with Gasteiger partial charge in [0, 0.05) is 30.9 Å². The molecule has 7 nitrogen and oxygen atoms in total. The number of hydrogen-bond acceptors (Lipinski definition) is 7. The number of nitrogens with one attached hydrogen (secondary N) is 1. The van der Waals surface area contributed by atoms with Crippen molar-refractivity contribution in [1.29, 1.82) is 0 Å². The van der Waals surface area contributed by atoms with Crippen LogP contribution in [0.1, 0.15) is 29.1 Å². The highest BCUT2D eigenvalue weighted by atomic mass is 32.1. The monoisotopic (exact) mass is 376 g/mol. The van der Waals surface area contributed by atoms with E-state index >= 15 is 0 Å². The molecule has 1 aliphatic heterocycles. The Kier molecular flexibility index (Phi) is 6.05. The second-order valence-corrected chi connectivity index (χ2v) is 8.16. The van der Waals surface area contributed by atoms with Gasteiger partial charge in [0.2, 0.25) is 5.91 Å². The zero-order valence-electron chi connectivity index (χ0n) is 15.5. The SMILES string of the molecule is Cc1sc2nc(CCN)nc(NCCN3CCCC(C(N)=O)C3)c2c1C. The standard InChI is InChI=1S/C18H28N6OS/c1-11-12(2)26-18-15(11)17(22-14(23-18)5-6-19)21-7-9-24-8-3-4-13(10-24)16(20)25/h13H,3-10,19H2,1-2H3,(H2,20,25)(H,21,22,23). The number of primary amides is 1. The van der Waals surface area contributed by atoms with Crippen LogP contribution in [0.3, 0.4) is 0 Å². The van der Waals surface area contributed by atoms with E-state index in [0.29, 0.717) is 13.0 Å². The fourth-order valence-corrected chi connectivity index (χ4v) is 4.53. The topological polar surface area (TPSA) is 110 Å². The molecule has 2 aromatic rings. The van der Waals surface area contributed by atoms with Crippen molar-refractivity contribution >= 4 is 33.3 Å². The number of fused-ring (bicyclic) bond motifs is 1. The normalized spacial score (nSPS) is 18.3. The van der Waals surface area contributed by atoms with Gasteiger partial charge in [-0.1, -0.05) is 0 Å². The molecule has 0 aromatic carbocycles. The van der Waals surface area contributed by atoms with E-state index < -0.39 is 0 Å². The number of rotatable bonds is 7. The molecule has 2 aromatic heterocycles. The van der Waals surface area contributed by atoms with Gasteiger partial charge in [0.1, 0.15) is 16.5 Å². The average Bonchev–Trinajstić information content (AvgIpc) is 2.90. The number of thiophene rings is 1. The maximum absolute atomic E-state index is 11.4. The van der Waals surface area contributed by atoms with Crippen LogP contribution in [0.2, 0.25) is 0 Å². The van der Waals surface area contributed by atoms with Crippen molar-refractivity contribution in [3.8, 4) is 0 Å². The highest BCUT2D eigenvalue weighted by molar-refractivity contribution is 7.18. The molecule has 1 unspecified atom stereocenters. The molecule has 142 valence electrons. The minimum atomic E-state index is -0.184. The molecule has 8 heteroatoms. The fraction of sp³-hybridized carbons (Fsp3) is 0.611. The van der Waals surface area contributed by atoms with Gasteiger partial charge in [0.25, 0.3) is 0 Å². The van der Waals surface area contributed by atoms with Gasteiger partial charge < -0.3 is 21.7 Å². The Hall–Kier alpha value is -1.77. The van der Waals surface area contributed by atoms with Crippen LogP contribution >= 0.6 is 11.3 Å². The summed E-state index contributed by atoms with van der Waals surface area (Å²) in [4.78, 5) is 25.4. The van der Waals surface area contributed by atoms with Crippen LogP contribution in [-0.2, 0) is 11.2 Å². The zero-order chi connectivity index (χ0) is 18.7. The summed E-state index contributed by atoms with van der Waals surface area (Å²) in [5, 5.41) is 4.60. The van der Waals surface area contributed by atoms with Crippen LogP contribution in [0.4, 0.5) is 5.82 Å². The van der Waals surface area contributed by atoms with Crippen molar-refractivity contribution < 1.29 is 4.79 Å². The number of aryl methyl sites for hydroxylation is 2. The predicted molar refractivity (Wildman–Crippen MR) is 106 cm³/mol. The van der Waals surface area contributed by atoms with E-state index in [2.05, 4.69) is 29.0 Å². The first-order chi connectivity index (χ1) is 12.5. The van der Waals surface area contributed by atoms with E-state index in [0.717, 1.165) is 60.9 Å². The van der Waals surface area contributed by atoms with Gasteiger partial charge in [0.05, 0.1) is 11.3 Å². The van der Waals surface area contributed by atoms with E-state index in [4.69, 9.17) is 16.5 Å². The Morgan fingerprint density at radius 1 is 1.38 bits per heavy atom. The number of carbonyl (C=O) groups excluding carboxylic acids is 1. The molecule has 1 fully saturated rings. The van der Waals surface area contributed by atoms with Crippen molar-refractivity contribution in [3.05, 3.63) is 16.3 Å². The molecule has 0 spiro atoms. The Morgan fingerprint density at radius 2 is 2.19 bits per heavy atom. The van der Waals surface area contributed by atoms with Crippen molar-refractivity contribution in [1.82, 2.24) is 14.9 Å². The molecule has 0 saturated carbocycles. The Bertz CT molecular complexity index is 790. The van der Waals surface area contributed by atoms with Gasteiger partial charge in [-0.3, -0.25) is 4.79 Å². The van der Waals surface area contributed by atoms with Crippen LogP contribution in [-0.4, -0.2) is 53.5 Å².